The minimum atomic E-state index is 0.984. The summed E-state index contributed by atoms with van der Waals surface area (Å²) in [4.78, 5) is 0. The molecule has 72 valence electrons. The van der Waals surface area contributed by atoms with E-state index in [-0.39, 0.29) is 0 Å². The summed E-state index contributed by atoms with van der Waals surface area (Å²) in [5, 5.41) is 0. The van der Waals surface area contributed by atoms with Gasteiger partial charge < -0.3 is 0 Å². The van der Waals surface area contributed by atoms with Crippen LogP contribution in [0, 0.1) is 17.8 Å². The molecule has 0 amide bonds. The molecule has 0 N–H and O–H groups in total. The molecule has 1 rings (SSSR count). The van der Waals surface area contributed by atoms with Gasteiger partial charge in [-0.2, -0.15) is 0 Å². The van der Waals surface area contributed by atoms with E-state index in [0.29, 0.717) is 0 Å². The van der Waals surface area contributed by atoms with Crippen LogP contribution < -0.4 is 0 Å². The summed E-state index contributed by atoms with van der Waals surface area (Å²) in [5.41, 5.74) is 0. The smallest absolute Gasteiger partial charge is 0.0414 e. The molecule has 0 nitrogen and oxygen atoms in total. The van der Waals surface area contributed by atoms with E-state index >= 15 is 0 Å². The second-order valence-corrected chi connectivity index (χ2v) is 4.88. The Morgan fingerprint density at radius 3 is 2.17 bits per heavy atom. The molecule has 0 bridgehead atoms. The number of rotatable bonds is 1. The fourth-order valence-electron chi connectivity index (χ4n) is 2.41. The first kappa shape index (κ1) is 10.1. The zero-order valence-corrected chi connectivity index (χ0v) is 8.97. The molecule has 3 unspecified atom stereocenters. The lowest BCUT2D eigenvalue weighted by molar-refractivity contribution is 0.268. The van der Waals surface area contributed by atoms with E-state index in [1.807, 2.05) is 0 Å². The van der Waals surface area contributed by atoms with Gasteiger partial charge in [0.1, 0.15) is 0 Å². The van der Waals surface area contributed by atoms with Gasteiger partial charge in [0.15, 0.2) is 0 Å². The molecule has 1 aliphatic rings. The summed E-state index contributed by atoms with van der Waals surface area (Å²) >= 11 is 0. The molecule has 0 aromatic heterocycles. The molecule has 0 radical (unpaired) electrons. The van der Waals surface area contributed by atoms with Gasteiger partial charge in [-0.1, -0.05) is 52.9 Å². The maximum absolute atomic E-state index is 2.43. The molecule has 0 heteroatoms. The highest BCUT2D eigenvalue weighted by Gasteiger charge is 2.17. The van der Waals surface area contributed by atoms with Crippen molar-refractivity contribution < 1.29 is 0 Å². The fourth-order valence-corrected chi connectivity index (χ4v) is 2.41. The molecular formula is C12H24. The first-order valence-corrected chi connectivity index (χ1v) is 5.72. The van der Waals surface area contributed by atoms with Crippen molar-refractivity contribution >= 4 is 0 Å². The Balaban J connectivity index is 2.37. The van der Waals surface area contributed by atoms with E-state index in [4.69, 9.17) is 0 Å². The monoisotopic (exact) mass is 168 g/mol. The minimum Gasteiger partial charge on any atom is -0.0651 e. The molecule has 1 saturated carbocycles. The number of hydrogen-bond acceptors (Lipinski definition) is 0. The van der Waals surface area contributed by atoms with Crippen LogP contribution in [-0.2, 0) is 0 Å². The van der Waals surface area contributed by atoms with E-state index in [9.17, 15) is 0 Å². The van der Waals surface area contributed by atoms with Crippen molar-refractivity contribution in [3.63, 3.8) is 0 Å². The number of hydrogen-bond donors (Lipinski definition) is 0. The van der Waals surface area contributed by atoms with Crippen LogP contribution in [0.3, 0.4) is 0 Å². The van der Waals surface area contributed by atoms with Gasteiger partial charge in [0.05, 0.1) is 0 Å². The van der Waals surface area contributed by atoms with Crippen LogP contribution >= 0.6 is 0 Å². The van der Waals surface area contributed by atoms with Crippen LogP contribution in [0.5, 0.6) is 0 Å². The molecule has 0 spiro atoms. The predicted octanol–water partition coefficient (Wildman–Crippen LogP) is 4.25. The summed E-state index contributed by atoms with van der Waals surface area (Å²) in [6, 6.07) is 0. The highest BCUT2D eigenvalue weighted by atomic mass is 14.2. The third-order valence-corrected chi connectivity index (χ3v) is 3.53. The highest BCUT2D eigenvalue weighted by molar-refractivity contribution is 4.69. The Kier molecular flexibility index (Phi) is 4.11. The van der Waals surface area contributed by atoms with Gasteiger partial charge in [0, 0.05) is 0 Å². The van der Waals surface area contributed by atoms with E-state index in [2.05, 4.69) is 20.8 Å². The van der Waals surface area contributed by atoms with Crippen molar-refractivity contribution in [3.8, 4) is 0 Å². The van der Waals surface area contributed by atoms with Crippen molar-refractivity contribution in [2.75, 3.05) is 0 Å². The first-order valence-electron chi connectivity index (χ1n) is 5.72. The Morgan fingerprint density at radius 2 is 1.50 bits per heavy atom. The second-order valence-electron chi connectivity index (χ2n) is 4.88. The Bertz CT molecular complexity index is 117. The molecule has 0 heterocycles. The van der Waals surface area contributed by atoms with Gasteiger partial charge in [0.25, 0.3) is 0 Å². The highest BCUT2D eigenvalue weighted by Crippen LogP contribution is 2.30. The predicted molar refractivity (Wildman–Crippen MR) is 55.2 cm³/mol. The van der Waals surface area contributed by atoms with Crippen LogP contribution in [0.25, 0.3) is 0 Å². The van der Waals surface area contributed by atoms with E-state index in [1.54, 1.807) is 0 Å². The second kappa shape index (κ2) is 4.89. The van der Waals surface area contributed by atoms with Crippen LogP contribution in [-0.4, -0.2) is 0 Å². The van der Waals surface area contributed by atoms with Crippen LogP contribution in [0.2, 0.25) is 0 Å². The van der Waals surface area contributed by atoms with Gasteiger partial charge in [-0.05, 0) is 24.2 Å². The maximum Gasteiger partial charge on any atom is -0.0414 e. The van der Waals surface area contributed by atoms with Crippen molar-refractivity contribution in [2.45, 2.75) is 59.3 Å². The van der Waals surface area contributed by atoms with Gasteiger partial charge in [-0.3, -0.25) is 0 Å². The van der Waals surface area contributed by atoms with Gasteiger partial charge in [0.2, 0.25) is 0 Å². The summed E-state index contributed by atoms with van der Waals surface area (Å²) in [7, 11) is 0. The van der Waals surface area contributed by atoms with Gasteiger partial charge in [-0.15, -0.1) is 0 Å². The molecule has 12 heavy (non-hydrogen) atoms. The largest absolute Gasteiger partial charge is 0.0651 e. The third kappa shape index (κ3) is 3.16. The quantitative estimate of drug-likeness (QED) is 0.549. The summed E-state index contributed by atoms with van der Waals surface area (Å²) in [5.74, 6) is 3.00. The summed E-state index contributed by atoms with van der Waals surface area (Å²) < 4.78 is 0. The zero-order chi connectivity index (χ0) is 8.97. The van der Waals surface area contributed by atoms with Crippen LogP contribution in [0.4, 0.5) is 0 Å². The van der Waals surface area contributed by atoms with E-state index in [0.717, 1.165) is 17.8 Å². The Labute approximate surface area is 77.7 Å². The molecule has 3 atom stereocenters. The standard InChI is InChI=1S/C12H24/c1-4-12-8-7-10(2)5-6-11(3)9-12/h10-12H,4-9H2,1-3H3. The topological polar surface area (TPSA) is 0 Å². The Hall–Kier alpha value is 0. The molecule has 0 aliphatic heterocycles. The van der Waals surface area contributed by atoms with Crippen molar-refractivity contribution in [1.82, 2.24) is 0 Å². The lowest BCUT2D eigenvalue weighted by atomic mass is 9.80. The van der Waals surface area contributed by atoms with Crippen LogP contribution in [0.15, 0.2) is 0 Å². The molecule has 1 fully saturated rings. The summed E-state index contributed by atoms with van der Waals surface area (Å²) in [6.07, 6.45) is 8.79. The van der Waals surface area contributed by atoms with Crippen molar-refractivity contribution in [3.05, 3.63) is 0 Å². The molecule has 0 aromatic carbocycles. The SMILES string of the molecule is CCC1CCC(C)CCC(C)C1. The van der Waals surface area contributed by atoms with Crippen molar-refractivity contribution in [2.24, 2.45) is 17.8 Å². The van der Waals surface area contributed by atoms with Crippen LogP contribution in [0.1, 0.15) is 59.3 Å². The normalized spacial score (nSPS) is 38.8. The average molecular weight is 168 g/mol. The van der Waals surface area contributed by atoms with E-state index in [1.165, 1.54) is 38.5 Å². The molecule has 0 saturated heterocycles. The van der Waals surface area contributed by atoms with E-state index < -0.39 is 0 Å². The fraction of sp³-hybridized carbons (Fsp3) is 1.00. The molecular weight excluding hydrogens is 144 g/mol. The average Bonchev–Trinajstić information content (AvgIpc) is 2.06. The Morgan fingerprint density at radius 1 is 0.917 bits per heavy atom. The van der Waals surface area contributed by atoms with Gasteiger partial charge >= 0.3 is 0 Å². The molecule has 0 aromatic rings. The summed E-state index contributed by atoms with van der Waals surface area (Å²) in [6.45, 7) is 7.20. The lowest BCUT2D eigenvalue weighted by Crippen LogP contribution is -2.12. The van der Waals surface area contributed by atoms with Gasteiger partial charge in [-0.25, -0.2) is 0 Å². The minimum absolute atomic E-state index is 0.984. The van der Waals surface area contributed by atoms with Crippen molar-refractivity contribution in [1.29, 1.82) is 0 Å². The first-order chi connectivity index (χ1) is 5.72. The maximum atomic E-state index is 2.43. The lowest BCUT2D eigenvalue weighted by Gasteiger charge is -2.25. The third-order valence-electron chi connectivity index (χ3n) is 3.53. The molecule has 1 aliphatic carbocycles. The zero-order valence-electron chi connectivity index (χ0n) is 8.97.